The van der Waals surface area contributed by atoms with Gasteiger partial charge in [-0.2, -0.15) is 0 Å². The summed E-state index contributed by atoms with van der Waals surface area (Å²) in [6.07, 6.45) is 3.41. The smallest absolute Gasteiger partial charge is 0.264 e. The lowest BCUT2D eigenvalue weighted by Gasteiger charge is -2.07. The van der Waals surface area contributed by atoms with Crippen LogP contribution in [0.3, 0.4) is 0 Å². The molecule has 0 bridgehead atoms. The van der Waals surface area contributed by atoms with Gasteiger partial charge in [-0.15, -0.1) is 0 Å². The molecular formula is C20H13F2N3OS. The number of nitrogens with zero attached hydrogens (tertiary/aromatic N) is 2. The predicted molar refractivity (Wildman–Crippen MR) is 103 cm³/mol. The van der Waals surface area contributed by atoms with Crippen molar-refractivity contribution in [2.75, 3.05) is 0 Å². The normalized spacial score (nSPS) is 16.9. The molecule has 1 saturated heterocycles. The molecule has 1 aliphatic heterocycles. The number of nitrogens with one attached hydrogen (secondary N) is 1. The zero-order valence-electron chi connectivity index (χ0n) is 13.9. The van der Waals surface area contributed by atoms with Crippen LogP contribution >= 0.6 is 11.8 Å². The molecule has 2 aromatic carbocycles. The first-order chi connectivity index (χ1) is 13.1. The molecule has 0 radical (unpaired) electrons. The molecule has 1 aromatic heterocycles. The van der Waals surface area contributed by atoms with Crippen LogP contribution in [0.25, 0.3) is 11.8 Å². The molecule has 1 N–H and O–H groups in total. The second-order valence-corrected chi connectivity index (χ2v) is 6.74. The Morgan fingerprint density at radius 2 is 1.78 bits per heavy atom. The first-order valence-corrected chi connectivity index (χ1v) is 8.89. The zero-order chi connectivity index (χ0) is 18.8. The number of thioether (sulfide) groups is 1. The van der Waals surface area contributed by atoms with E-state index in [9.17, 15) is 13.6 Å². The van der Waals surface area contributed by atoms with Crippen LogP contribution < -0.4 is 5.32 Å². The molecule has 4 nitrogen and oxygen atoms in total. The lowest BCUT2D eigenvalue weighted by Crippen LogP contribution is -2.19. The molecule has 0 unspecified atom stereocenters. The van der Waals surface area contributed by atoms with Gasteiger partial charge in [0.25, 0.3) is 5.91 Å². The van der Waals surface area contributed by atoms with E-state index >= 15 is 0 Å². The van der Waals surface area contributed by atoms with Gasteiger partial charge in [-0.25, -0.2) is 13.8 Å². The summed E-state index contributed by atoms with van der Waals surface area (Å²) in [6.45, 7) is 0. The van der Waals surface area contributed by atoms with Gasteiger partial charge in [-0.3, -0.25) is 4.79 Å². The molecular weight excluding hydrogens is 368 g/mol. The number of aliphatic imine (C=N–C) groups is 1. The number of amides is 1. The summed E-state index contributed by atoms with van der Waals surface area (Å²) in [5.74, 6) is -0.992. The van der Waals surface area contributed by atoms with Crippen LogP contribution in [0.5, 0.6) is 0 Å². The number of para-hydroxylation sites is 1. The Morgan fingerprint density at radius 1 is 1.00 bits per heavy atom. The van der Waals surface area contributed by atoms with Crippen LogP contribution in [-0.4, -0.2) is 15.6 Å². The Morgan fingerprint density at radius 3 is 2.56 bits per heavy atom. The van der Waals surface area contributed by atoms with Crippen molar-refractivity contribution in [2.45, 2.75) is 0 Å². The van der Waals surface area contributed by atoms with Gasteiger partial charge in [0, 0.05) is 11.9 Å². The predicted octanol–water partition coefficient (Wildman–Crippen LogP) is 4.65. The van der Waals surface area contributed by atoms with Crippen LogP contribution in [-0.2, 0) is 4.79 Å². The summed E-state index contributed by atoms with van der Waals surface area (Å²) in [6, 6.07) is 15.7. The highest BCUT2D eigenvalue weighted by atomic mass is 32.2. The molecule has 4 rings (SSSR count). The van der Waals surface area contributed by atoms with Crippen molar-refractivity contribution in [1.29, 1.82) is 0 Å². The number of benzene rings is 2. The maximum Gasteiger partial charge on any atom is 0.264 e. The molecule has 0 spiro atoms. The fraction of sp³-hybridized carbons (Fsp3) is 0. The van der Waals surface area contributed by atoms with E-state index in [1.165, 1.54) is 42.1 Å². The van der Waals surface area contributed by atoms with E-state index in [0.717, 1.165) is 0 Å². The molecule has 0 aliphatic carbocycles. The van der Waals surface area contributed by atoms with Crippen LogP contribution in [0.4, 0.5) is 14.5 Å². The van der Waals surface area contributed by atoms with Gasteiger partial charge < -0.3 is 9.88 Å². The molecule has 3 aromatic rings. The molecule has 7 heteroatoms. The van der Waals surface area contributed by atoms with Gasteiger partial charge in [0.15, 0.2) is 5.17 Å². The number of carbonyl (C=O) groups is 1. The number of carbonyl (C=O) groups excluding carboxylic acids is 1. The molecule has 2 heterocycles. The van der Waals surface area contributed by atoms with Crippen LogP contribution in [0.15, 0.2) is 76.8 Å². The Bertz CT molecular complexity index is 1070. The molecule has 1 aliphatic rings. The third kappa shape index (κ3) is 3.68. The first kappa shape index (κ1) is 17.2. The third-order valence-electron chi connectivity index (χ3n) is 3.88. The van der Waals surface area contributed by atoms with Crippen LogP contribution in [0.2, 0.25) is 0 Å². The average molecular weight is 381 g/mol. The molecule has 0 atom stereocenters. The van der Waals surface area contributed by atoms with Crippen molar-refractivity contribution >= 4 is 34.6 Å². The number of halogens is 2. The minimum absolute atomic E-state index is 0.290. The molecule has 134 valence electrons. The minimum atomic E-state index is -0.351. The second-order valence-electron chi connectivity index (χ2n) is 5.71. The second kappa shape index (κ2) is 7.20. The van der Waals surface area contributed by atoms with Crippen molar-refractivity contribution in [2.24, 2.45) is 4.99 Å². The summed E-state index contributed by atoms with van der Waals surface area (Å²) in [5.41, 5.74) is 1.61. The Labute approximate surface area is 158 Å². The van der Waals surface area contributed by atoms with Crippen molar-refractivity contribution in [1.82, 2.24) is 9.88 Å². The summed E-state index contributed by atoms with van der Waals surface area (Å²) in [7, 11) is 0. The van der Waals surface area contributed by atoms with E-state index in [0.29, 0.717) is 27.1 Å². The SMILES string of the molecule is O=C1NC(=Nc2ccc(F)cc2)S/C1=C/c1cccn1-c1ccccc1F. The van der Waals surface area contributed by atoms with Gasteiger partial charge in [0.05, 0.1) is 16.3 Å². The number of rotatable bonds is 3. The van der Waals surface area contributed by atoms with Crippen molar-refractivity contribution in [3.05, 3.63) is 89.1 Å². The number of hydrogen-bond acceptors (Lipinski definition) is 3. The summed E-state index contributed by atoms with van der Waals surface area (Å²) in [5, 5.41) is 3.08. The van der Waals surface area contributed by atoms with E-state index in [2.05, 4.69) is 10.3 Å². The molecule has 1 fully saturated rings. The van der Waals surface area contributed by atoms with E-state index < -0.39 is 0 Å². The monoisotopic (exact) mass is 381 g/mol. The van der Waals surface area contributed by atoms with Crippen LogP contribution in [0.1, 0.15) is 5.69 Å². The Kier molecular flexibility index (Phi) is 4.60. The molecule has 1 amide bonds. The first-order valence-electron chi connectivity index (χ1n) is 8.07. The van der Waals surface area contributed by atoms with Gasteiger partial charge >= 0.3 is 0 Å². The highest BCUT2D eigenvalue weighted by Gasteiger charge is 2.24. The fourth-order valence-corrected chi connectivity index (χ4v) is 3.45. The standard InChI is InChI=1S/C20H13F2N3OS/c21-13-7-9-14(10-8-13)23-20-24-19(26)18(27-20)12-15-4-3-11-25(15)17-6-2-1-5-16(17)22/h1-12H,(H,23,24,26)/b18-12+. The highest BCUT2D eigenvalue weighted by Crippen LogP contribution is 2.29. The van der Waals surface area contributed by atoms with E-state index in [1.54, 1.807) is 47.2 Å². The summed E-state index contributed by atoms with van der Waals surface area (Å²) >= 11 is 1.17. The molecule has 27 heavy (non-hydrogen) atoms. The lowest BCUT2D eigenvalue weighted by molar-refractivity contribution is -0.115. The van der Waals surface area contributed by atoms with Gasteiger partial charge in [0.1, 0.15) is 11.6 Å². The highest BCUT2D eigenvalue weighted by molar-refractivity contribution is 8.18. The summed E-state index contributed by atoms with van der Waals surface area (Å²) in [4.78, 5) is 17.0. The van der Waals surface area contributed by atoms with Crippen molar-refractivity contribution in [3.8, 4) is 5.69 Å². The largest absolute Gasteiger partial charge is 0.314 e. The number of amidine groups is 1. The van der Waals surface area contributed by atoms with Crippen molar-refractivity contribution in [3.63, 3.8) is 0 Å². The zero-order valence-corrected chi connectivity index (χ0v) is 14.7. The van der Waals surface area contributed by atoms with E-state index in [-0.39, 0.29) is 17.5 Å². The van der Waals surface area contributed by atoms with E-state index in [1.807, 2.05) is 0 Å². The van der Waals surface area contributed by atoms with Gasteiger partial charge in [-0.05, 0) is 66.4 Å². The van der Waals surface area contributed by atoms with Crippen molar-refractivity contribution < 1.29 is 13.6 Å². The summed E-state index contributed by atoms with van der Waals surface area (Å²) < 4.78 is 28.7. The van der Waals surface area contributed by atoms with Gasteiger partial charge in [0.2, 0.25) is 0 Å². The maximum atomic E-state index is 14.1. The number of hydrogen-bond donors (Lipinski definition) is 1. The Hall–Kier alpha value is -3.19. The maximum absolute atomic E-state index is 14.1. The Balaban J connectivity index is 1.62. The third-order valence-corrected chi connectivity index (χ3v) is 4.79. The molecule has 0 saturated carbocycles. The lowest BCUT2D eigenvalue weighted by atomic mass is 10.3. The average Bonchev–Trinajstić information content (AvgIpc) is 3.24. The van der Waals surface area contributed by atoms with Gasteiger partial charge in [-0.1, -0.05) is 12.1 Å². The number of aromatic nitrogens is 1. The van der Waals surface area contributed by atoms with E-state index in [4.69, 9.17) is 0 Å². The quantitative estimate of drug-likeness (QED) is 0.672. The fourth-order valence-electron chi connectivity index (χ4n) is 2.63. The minimum Gasteiger partial charge on any atom is -0.314 e. The van der Waals surface area contributed by atoms with Crippen LogP contribution in [0, 0.1) is 11.6 Å². The topological polar surface area (TPSA) is 46.4 Å².